The number of thiazole rings is 1. The van der Waals surface area contributed by atoms with Gasteiger partial charge in [-0.3, -0.25) is 19.2 Å². The van der Waals surface area contributed by atoms with Crippen LogP contribution in [0, 0.1) is 5.92 Å². The van der Waals surface area contributed by atoms with E-state index in [1.165, 1.54) is 35.9 Å². The first kappa shape index (κ1) is 28.1. The van der Waals surface area contributed by atoms with E-state index in [4.69, 9.17) is 9.47 Å². The van der Waals surface area contributed by atoms with Gasteiger partial charge in [-0.25, -0.2) is 4.90 Å². The molecule has 3 atom stereocenters. The summed E-state index contributed by atoms with van der Waals surface area (Å²) in [5.74, 6) is -1.73. The summed E-state index contributed by atoms with van der Waals surface area (Å²) < 4.78 is 11.9. The maximum absolute atomic E-state index is 14.0. The van der Waals surface area contributed by atoms with Gasteiger partial charge in [0.25, 0.3) is 5.91 Å². The van der Waals surface area contributed by atoms with Gasteiger partial charge in [0.2, 0.25) is 11.8 Å². The van der Waals surface area contributed by atoms with Crippen molar-refractivity contribution in [3.63, 3.8) is 0 Å². The molecule has 3 N–H and O–H groups in total. The average molecular weight is 669 g/mol. The number of methoxy groups -OCH3 is 1. The number of anilines is 2. The normalized spacial score (nSPS) is 19.3. The van der Waals surface area contributed by atoms with Crippen molar-refractivity contribution in [2.45, 2.75) is 16.2 Å². The molecule has 0 saturated carbocycles. The van der Waals surface area contributed by atoms with E-state index in [0.29, 0.717) is 42.8 Å². The van der Waals surface area contributed by atoms with Crippen LogP contribution in [0.4, 0.5) is 11.4 Å². The summed E-state index contributed by atoms with van der Waals surface area (Å²) in [4.78, 5) is 57.2. The van der Waals surface area contributed by atoms with E-state index in [-0.39, 0.29) is 23.1 Å². The van der Waals surface area contributed by atoms with Crippen LogP contribution >= 0.6 is 39.0 Å². The van der Waals surface area contributed by atoms with E-state index < -0.39 is 28.9 Å². The van der Waals surface area contributed by atoms with E-state index >= 15 is 0 Å². The smallest absolute Gasteiger partial charge is 0.305 e. The Hall–Kier alpha value is -4.07. The van der Waals surface area contributed by atoms with Crippen molar-refractivity contribution < 1.29 is 29.0 Å². The van der Waals surface area contributed by atoms with Gasteiger partial charge in [-0.15, -0.1) is 0 Å². The second-order valence-electron chi connectivity index (χ2n) is 9.53. The van der Waals surface area contributed by atoms with Crippen LogP contribution in [0.1, 0.15) is 16.4 Å². The van der Waals surface area contributed by atoms with E-state index in [9.17, 15) is 24.3 Å². The molecule has 214 valence electrons. The number of aromatic nitrogens is 1. The molecule has 6 rings (SSSR count). The number of halogens is 1. The Kier molecular flexibility index (Phi) is 7.56. The van der Waals surface area contributed by atoms with Crippen LogP contribution in [-0.2, 0) is 14.4 Å². The Morgan fingerprint density at radius 2 is 1.79 bits per heavy atom. The zero-order chi connectivity index (χ0) is 29.5. The monoisotopic (exact) mass is 667 g/mol. The number of aromatic amines is 1. The first-order valence-electron chi connectivity index (χ1n) is 12.7. The van der Waals surface area contributed by atoms with Crippen LogP contribution in [0.25, 0.3) is 0 Å². The Morgan fingerprint density at radius 3 is 2.50 bits per heavy atom. The maximum Gasteiger partial charge on any atom is 0.305 e. The number of fused-ring (bicyclic) bond motifs is 2. The van der Waals surface area contributed by atoms with Gasteiger partial charge in [0.1, 0.15) is 22.5 Å². The third-order valence-electron chi connectivity index (χ3n) is 6.97. The molecule has 3 amide bonds. The van der Waals surface area contributed by atoms with Crippen LogP contribution < -0.4 is 24.6 Å². The summed E-state index contributed by atoms with van der Waals surface area (Å²) in [5.41, 5.74) is 1.47. The van der Waals surface area contributed by atoms with E-state index in [2.05, 4.69) is 26.2 Å². The lowest BCUT2D eigenvalue weighted by Gasteiger charge is -2.31. The predicted octanol–water partition coefficient (Wildman–Crippen LogP) is 4.73. The first-order valence-corrected chi connectivity index (χ1v) is 15.1. The number of thioether (sulfide) groups is 1. The summed E-state index contributed by atoms with van der Waals surface area (Å²) in [5, 5.41) is 11.9. The summed E-state index contributed by atoms with van der Waals surface area (Å²) in [6.45, 7) is -0.341. The first-order chi connectivity index (χ1) is 20.2. The molecule has 0 radical (unpaired) electrons. The van der Waals surface area contributed by atoms with Gasteiger partial charge in [0, 0.05) is 26.5 Å². The highest BCUT2D eigenvalue weighted by Crippen LogP contribution is 2.54. The number of hydrogen-bond acceptors (Lipinski definition) is 9. The van der Waals surface area contributed by atoms with Gasteiger partial charge < -0.3 is 24.9 Å². The number of carbonyl (C=O) groups excluding carboxylic acids is 3. The summed E-state index contributed by atoms with van der Waals surface area (Å²) in [7, 11) is 1.53. The minimum absolute atomic E-state index is 0.0737. The van der Waals surface area contributed by atoms with Crippen molar-refractivity contribution in [2.24, 2.45) is 5.92 Å². The fourth-order valence-corrected chi connectivity index (χ4v) is 8.00. The molecule has 1 fully saturated rings. The van der Waals surface area contributed by atoms with Crippen LogP contribution in [0.15, 0.2) is 81.0 Å². The number of carbonyl (C=O) groups is 3. The number of rotatable bonds is 7. The molecule has 0 bridgehead atoms. The molecule has 1 saturated heterocycles. The van der Waals surface area contributed by atoms with Crippen molar-refractivity contribution in [2.75, 3.05) is 23.9 Å². The molecule has 2 aliphatic rings. The van der Waals surface area contributed by atoms with E-state index in [1.54, 1.807) is 54.6 Å². The second-order valence-corrected chi connectivity index (χ2v) is 12.6. The summed E-state index contributed by atoms with van der Waals surface area (Å²) in [6.07, 6.45) is 0. The molecule has 3 aromatic carbocycles. The van der Waals surface area contributed by atoms with Gasteiger partial charge in [0.15, 0.2) is 6.61 Å². The van der Waals surface area contributed by atoms with Gasteiger partial charge in [-0.05, 0) is 66.7 Å². The minimum atomic E-state index is -0.828. The number of phenols is 1. The highest BCUT2D eigenvalue weighted by molar-refractivity contribution is 9.10. The quantitative estimate of drug-likeness (QED) is 0.190. The number of nitrogens with zero attached hydrogens (tertiary/aromatic N) is 1. The third-order valence-corrected chi connectivity index (χ3v) is 9.87. The number of benzene rings is 3. The standard InChI is InChI=1S/C29H22BrN3O7S2/c1-39-18-9-5-16(6-10-18)33-27(36)23-22(24-26(32-29(38)42-24)41-25(23)28(33)37)19-12-14(30)2-11-20(19)40-13-21(35)31-15-3-7-17(34)8-4-15/h2-12,22-23,25,34H,13H2,1H3,(H,31,35)(H,32,38)/t22-,23?,25?/m1/s1. The number of imide groups is 1. The van der Waals surface area contributed by atoms with Crippen molar-refractivity contribution in [3.05, 3.63) is 91.3 Å². The number of H-pyrrole nitrogens is 1. The molecule has 13 heteroatoms. The summed E-state index contributed by atoms with van der Waals surface area (Å²) >= 11 is 5.67. The van der Waals surface area contributed by atoms with E-state index in [1.807, 2.05) is 0 Å². The largest absolute Gasteiger partial charge is 0.508 e. The maximum atomic E-state index is 14.0. The molecule has 1 aromatic heterocycles. The number of hydrogen-bond donors (Lipinski definition) is 3. The van der Waals surface area contributed by atoms with Crippen molar-refractivity contribution >= 4 is 68.1 Å². The Labute approximate surface area is 255 Å². The SMILES string of the molecule is COc1ccc(N2C(=O)C3Sc4[nH]c(=O)sc4[C@H](c4cc(Br)ccc4OCC(=O)Nc4ccc(O)cc4)C3C2=O)cc1. The van der Waals surface area contributed by atoms with Gasteiger partial charge in [-0.2, -0.15) is 0 Å². The Bertz CT molecular complexity index is 1750. The van der Waals surface area contributed by atoms with Crippen LogP contribution in [0.3, 0.4) is 0 Å². The van der Waals surface area contributed by atoms with Crippen molar-refractivity contribution in [3.8, 4) is 17.2 Å². The molecular weight excluding hydrogens is 646 g/mol. The lowest BCUT2D eigenvalue weighted by molar-refractivity contribution is -0.122. The van der Waals surface area contributed by atoms with E-state index in [0.717, 1.165) is 11.3 Å². The van der Waals surface area contributed by atoms with Gasteiger partial charge in [-0.1, -0.05) is 39.0 Å². The Morgan fingerprint density at radius 1 is 1.05 bits per heavy atom. The summed E-state index contributed by atoms with van der Waals surface area (Å²) in [6, 6.07) is 17.9. The second kappa shape index (κ2) is 11.3. The van der Waals surface area contributed by atoms with Crippen LogP contribution in [0.2, 0.25) is 0 Å². The zero-order valence-corrected chi connectivity index (χ0v) is 25.0. The number of aromatic hydroxyl groups is 1. The average Bonchev–Trinajstić information content (AvgIpc) is 3.47. The molecular formula is C29H22BrN3O7S2. The van der Waals surface area contributed by atoms with Gasteiger partial charge in [0.05, 0.1) is 23.7 Å². The van der Waals surface area contributed by atoms with Crippen LogP contribution in [-0.4, -0.2) is 46.8 Å². The van der Waals surface area contributed by atoms with Crippen molar-refractivity contribution in [1.82, 2.24) is 4.98 Å². The molecule has 2 aliphatic heterocycles. The van der Waals surface area contributed by atoms with Crippen LogP contribution in [0.5, 0.6) is 17.2 Å². The fourth-order valence-electron chi connectivity index (χ4n) is 5.12. The highest BCUT2D eigenvalue weighted by Gasteiger charge is 2.56. The molecule has 2 unspecified atom stereocenters. The lowest BCUT2D eigenvalue weighted by atomic mass is 9.82. The zero-order valence-electron chi connectivity index (χ0n) is 21.8. The Balaban J connectivity index is 1.35. The van der Waals surface area contributed by atoms with Gasteiger partial charge >= 0.3 is 4.87 Å². The predicted molar refractivity (Wildman–Crippen MR) is 162 cm³/mol. The minimum Gasteiger partial charge on any atom is -0.508 e. The highest BCUT2D eigenvalue weighted by atomic mass is 79.9. The topological polar surface area (TPSA) is 138 Å². The number of amides is 3. The molecule has 4 aromatic rings. The fraction of sp³-hybridized carbons (Fsp3) is 0.172. The number of nitrogens with one attached hydrogen (secondary N) is 2. The number of ether oxygens (including phenoxy) is 2. The molecule has 0 spiro atoms. The molecule has 10 nitrogen and oxygen atoms in total. The lowest BCUT2D eigenvalue weighted by Crippen LogP contribution is -2.32. The molecule has 42 heavy (non-hydrogen) atoms. The molecule has 3 heterocycles. The number of phenolic OH excluding ortho intramolecular Hbond substituents is 1. The third kappa shape index (κ3) is 5.19. The van der Waals surface area contributed by atoms with Crippen molar-refractivity contribution in [1.29, 1.82) is 0 Å². The molecule has 0 aliphatic carbocycles.